The summed E-state index contributed by atoms with van der Waals surface area (Å²) >= 11 is 5.95. The van der Waals surface area contributed by atoms with Crippen molar-refractivity contribution in [3.8, 4) is 0 Å². The highest BCUT2D eigenvalue weighted by molar-refractivity contribution is 7.89. The van der Waals surface area contributed by atoms with Gasteiger partial charge in [0.05, 0.1) is 22.7 Å². The minimum Gasteiger partial charge on any atom is -0.300 e. The van der Waals surface area contributed by atoms with Gasteiger partial charge in [-0.05, 0) is 35.9 Å². The van der Waals surface area contributed by atoms with Crippen LogP contribution in [0.1, 0.15) is 15.9 Å². The molecular formula is C15H10ClFN2O4S. The predicted octanol–water partition coefficient (Wildman–Crippen LogP) is 1.86. The van der Waals surface area contributed by atoms with Crippen molar-refractivity contribution in [1.82, 2.24) is 0 Å². The monoisotopic (exact) mass is 368 g/mol. The summed E-state index contributed by atoms with van der Waals surface area (Å²) in [5.74, 6) is -2.18. The average Bonchev–Trinajstić information content (AvgIpc) is 2.73. The fourth-order valence-corrected chi connectivity index (χ4v) is 3.20. The zero-order valence-corrected chi connectivity index (χ0v) is 13.6. The molecule has 1 aliphatic heterocycles. The lowest BCUT2D eigenvalue weighted by molar-refractivity contribution is -0.114. The summed E-state index contributed by atoms with van der Waals surface area (Å²) in [6.07, 6.45) is 0. The zero-order chi connectivity index (χ0) is 17.6. The van der Waals surface area contributed by atoms with E-state index < -0.39 is 27.5 Å². The highest BCUT2D eigenvalue weighted by Gasteiger charge is 2.36. The summed E-state index contributed by atoms with van der Waals surface area (Å²) in [4.78, 5) is 25.2. The van der Waals surface area contributed by atoms with Gasteiger partial charge in [0, 0.05) is 5.02 Å². The van der Waals surface area contributed by atoms with E-state index in [2.05, 4.69) is 0 Å². The van der Waals surface area contributed by atoms with Crippen LogP contribution in [0.25, 0.3) is 0 Å². The van der Waals surface area contributed by atoms with E-state index in [1.807, 2.05) is 0 Å². The Hall–Kier alpha value is -2.29. The molecule has 1 heterocycles. The van der Waals surface area contributed by atoms with Gasteiger partial charge in [-0.2, -0.15) is 0 Å². The molecule has 3 rings (SSSR count). The van der Waals surface area contributed by atoms with Crippen LogP contribution in [0.4, 0.5) is 10.1 Å². The number of ketones is 1. The molecule has 0 saturated heterocycles. The first kappa shape index (κ1) is 16.6. The zero-order valence-electron chi connectivity index (χ0n) is 12.0. The van der Waals surface area contributed by atoms with Gasteiger partial charge in [-0.25, -0.2) is 17.9 Å². The molecule has 6 nitrogen and oxygen atoms in total. The molecule has 2 N–H and O–H groups in total. The number of hydrogen-bond acceptors (Lipinski definition) is 4. The summed E-state index contributed by atoms with van der Waals surface area (Å²) < 4.78 is 35.9. The molecule has 0 atom stereocenters. The second kappa shape index (κ2) is 5.66. The lowest BCUT2D eigenvalue weighted by Crippen LogP contribution is -2.29. The summed E-state index contributed by atoms with van der Waals surface area (Å²) in [6.45, 7) is -0.0502. The van der Waals surface area contributed by atoms with Crippen molar-refractivity contribution in [3.63, 3.8) is 0 Å². The number of nitrogens with two attached hydrogens (primary N) is 1. The van der Waals surface area contributed by atoms with Crippen molar-refractivity contribution in [3.05, 3.63) is 58.4 Å². The Morgan fingerprint density at radius 3 is 2.46 bits per heavy atom. The molecule has 124 valence electrons. The minimum atomic E-state index is -4.00. The number of halogens is 2. The predicted molar refractivity (Wildman–Crippen MR) is 84.7 cm³/mol. The van der Waals surface area contributed by atoms with Crippen LogP contribution in [0.3, 0.4) is 0 Å². The van der Waals surface area contributed by atoms with Gasteiger partial charge in [0.15, 0.2) is 0 Å². The first-order valence-corrected chi connectivity index (χ1v) is 8.58. The Morgan fingerprint density at radius 2 is 1.83 bits per heavy atom. The second-order valence-electron chi connectivity index (χ2n) is 5.18. The molecule has 0 spiro atoms. The number of anilines is 1. The lowest BCUT2D eigenvalue weighted by Gasteiger charge is -2.17. The van der Waals surface area contributed by atoms with Gasteiger partial charge in [0.25, 0.3) is 11.7 Å². The van der Waals surface area contributed by atoms with Crippen LogP contribution in [-0.4, -0.2) is 20.1 Å². The van der Waals surface area contributed by atoms with Crippen molar-refractivity contribution in [2.24, 2.45) is 5.14 Å². The van der Waals surface area contributed by atoms with E-state index in [-0.39, 0.29) is 27.7 Å². The lowest BCUT2D eigenvalue weighted by atomic mass is 10.1. The van der Waals surface area contributed by atoms with Gasteiger partial charge in [-0.15, -0.1) is 0 Å². The number of fused-ring (bicyclic) bond motifs is 1. The Kier molecular flexibility index (Phi) is 3.90. The van der Waals surface area contributed by atoms with E-state index in [1.54, 1.807) is 0 Å². The van der Waals surface area contributed by atoms with E-state index >= 15 is 0 Å². The van der Waals surface area contributed by atoms with Crippen molar-refractivity contribution < 1.29 is 22.4 Å². The molecule has 0 radical (unpaired) electrons. The number of carbonyl (C=O) groups is 2. The molecule has 1 aliphatic rings. The van der Waals surface area contributed by atoms with E-state index in [0.29, 0.717) is 5.56 Å². The number of nitrogens with zero attached hydrogens (tertiary/aromatic N) is 1. The Bertz CT molecular complexity index is 991. The van der Waals surface area contributed by atoms with E-state index in [9.17, 15) is 22.4 Å². The molecule has 9 heteroatoms. The van der Waals surface area contributed by atoms with Crippen molar-refractivity contribution in [2.75, 3.05) is 4.90 Å². The second-order valence-corrected chi connectivity index (χ2v) is 7.15. The highest BCUT2D eigenvalue weighted by Crippen LogP contribution is 2.33. The van der Waals surface area contributed by atoms with Gasteiger partial charge >= 0.3 is 0 Å². The molecule has 0 bridgehead atoms. The highest BCUT2D eigenvalue weighted by atomic mass is 35.5. The maximum Gasteiger partial charge on any atom is 0.299 e. The molecule has 0 fully saturated rings. The van der Waals surface area contributed by atoms with Crippen LogP contribution < -0.4 is 10.0 Å². The maximum atomic E-state index is 13.1. The molecule has 1 amide bonds. The summed E-state index contributed by atoms with van der Waals surface area (Å²) in [6, 6.07) is 7.30. The van der Waals surface area contributed by atoms with Gasteiger partial charge in [0.1, 0.15) is 5.82 Å². The van der Waals surface area contributed by atoms with Gasteiger partial charge in [0.2, 0.25) is 10.0 Å². The number of rotatable bonds is 3. The quantitative estimate of drug-likeness (QED) is 0.836. The van der Waals surface area contributed by atoms with Crippen molar-refractivity contribution in [1.29, 1.82) is 0 Å². The third-order valence-corrected chi connectivity index (χ3v) is 4.88. The van der Waals surface area contributed by atoms with Gasteiger partial charge in [-0.3, -0.25) is 9.59 Å². The third-order valence-electron chi connectivity index (χ3n) is 3.61. The van der Waals surface area contributed by atoms with E-state index in [4.69, 9.17) is 16.7 Å². The molecule has 0 aliphatic carbocycles. The average molecular weight is 369 g/mol. The topological polar surface area (TPSA) is 97.5 Å². The number of sulfonamides is 1. The van der Waals surface area contributed by atoms with Crippen LogP contribution >= 0.6 is 11.6 Å². The first-order valence-electron chi connectivity index (χ1n) is 6.65. The SMILES string of the molecule is NS(=O)(=O)c1ccc2c(c1)C(=O)C(=O)N2Cc1ccc(F)cc1Cl. The molecule has 0 saturated carbocycles. The van der Waals surface area contributed by atoms with E-state index in [1.165, 1.54) is 24.3 Å². The van der Waals surface area contributed by atoms with Gasteiger partial charge in [-0.1, -0.05) is 17.7 Å². The normalized spacial score (nSPS) is 14.2. The molecule has 2 aromatic carbocycles. The van der Waals surface area contributed by atoms with Crippen LogP contribution in [0, 0.1) is 5.82 Å². The Morgan fingerprint density at radius 1 is 1.12 bits per heavy atom. The number of carbonyl (C=O) groups excluding carboxylic acids is 2. The fourth-order valence-electron chi connectivity index (χ4n) is 2.43. The van der Waals surface area contributed by atoms with E-state index in [0.717, 1.165) is 17.0 Å². The molecular weight excluding hydrogens is 359 g/mol. The van der Waals surface area contributed by atoms with Gasteiger partial charge < -0.3 is 4.90 Å². The van der Waals surface area contributed by atoms with Crippen LogP contribution in [0.15, 0.2) is 41.3 Å². The van der Waals surface area contributed by atoms with Crippen LogP contribution in [-0.2, 0) is 21.4 Å². The fraction of sp³-hybridized carbons (Fsp3) is 0.0667. The molecule has 2 aromatic rings. The molecule has 0 unspecified atom stereocenters. The smallest absolute Gasteiger partial charge is 0.299 e. The number of benzene rings is 2. The third kappa shape index (κ3) is 2.79. The largest absolute Gasteiger partial charge is 0.300 e. The maximum absolute atomic E-state index is 13.1. The molecule has 24 heavy (non-hydrogen) atoms. The minimum absolute atomic E-state index is 0.0502. The Balaban J connectivity index is 2.03. The number of hydrogen-bond donors (Lipinski definition) is 1. The Labute approximate surface area is 141 Å². The molecule has 0 aromatic heterocycles. The summed E-state index contributed by atoms with van der Waals surface area (Å²) in [5.41, 5.74) is 0.644. The standard InChI is InChI=1S/C15H10ClFN2O4S/c16-12-5-9(17)2-1-8(12)7-19-13-4-3-10(24(18,22)23)6-11(13)14(20)15(19)21/h1-6H,7H2,(H2,18,22,23). The van der Waals surface area contributed by atoms with Crippen LogP contribution in [0.5, 0.6) is 0 Å². The van der Waals surface area contributed by atoms with Crippen LogP contribution in [0.2, 0.25) is 5.02 Å². The van der Waals surface area contributed by atoms with Crippen molar-refractivity contribution >= 4 is 39.0 Å². The summed E-state index contributed by atoms with van der Waals surface area (Å²) in [7, 11) is -4.00. The first-order chi connectivity index (χ1) is 11.2. The number of Topliss-reactive ketones (excluding diaryl/α,β-unsaturated/α-hetero) is 1. The van der Waals surface area contributed by atoms with Crippen molar-refractivity contribution in [2.45, 2.75) is 11.4 Å². The number of amides is 1. The summed E-state index contributed by atoms with van der Waals surface area (Å²) in [5, 5.41) is 5.15. The number of primary sulfonamides is 1.